The van der Waals surface area contributed by atoms with Crippen LogP contribution in [0.15, 0.2) is 28.7 Å². The van der Waals surface area contributed by atoms with Gasteiger partial charge in [-0.1, -0.05) is 34.1 Å². The molecule has 0 radical (unpaired) electrons. The summed E-state index contributed by atoms with van der Waals surface area (Å²) >= 11 is 3.23. The van der Waals surface area contributed by atoms with Crippen LogP contribution in [-0.4, -0.2) is 10.4 Å². The minimum Gasteiger partial charge on any atom is -0.458 e. The van der Waals surface area contributed by atoms with Crippen LogP contribution < -0.4 is 0 Å². The molecule has 1 atom stereocenters. The van der Waals surface area contributed by atoms with Gasteiger partial charge >= 0.3 is 0 Å². The van der Waals surface area contributed by atoms with Crippen LogP contribution in [0.2, 0.25) is 0 Å². The highest BCUT2D eigenvalue weighted by atomic mass is 79.9. The predicted molar refractivity (Wildman–Crippen MR) is 59.7 cm³/mol. The number of para-hydroxylation sites is 1. The minimum atomic E-state index is -0.567. The third-order valence-electron chi connectivity index (χ3n) is 2.33. The lowest BCUT2D eigenvalue weighted by molar-refractivity contribution is 0.177. The number of hydrogen-bond donors (Lipinski definition) is 1. The zero-order valence-corrected chi connectivity index (χ0v) is 9.41. The second kappa shape index (κ2) is 3.75. The van der Waals surface area contributed by atoms with E-state index < -0.39 is 6.10 Å². The molecular weight excluding hydrogens is 244 g/mol. The summed E-state index contributed by atoms with van der Waals surface area (Å²) in [5.41, 5.74) is 1.85. The van der Waals surface area contributed by atoms with Gasteiger partial charge < -0.3 is 9.52 Å². The van der Waals surface area contributed by atoms with Crippen molar-refractivity contribution in [3.8, 4) is 0 Å². The van der Waals surface area contributed by atoms with Gasteiger partial charge in [0.15, 0.2) is 0 Å². The number of benzene rings is 1. The lowest BCUT2D eigenvalue weighted by atomic mass is 10.1. The number of hydrogen-bond acceptors (Lipinski definition) is 2. The van der Waals surface area contributed by atoms with Gasteiger partial charge in [-0.3, -0.25) is 0 Å². The van der Waals surface area contributed by atoms with Crippen molar-refractivity contribution < 1.29 is 9.52 Å². The van der Waals surface area contributed by atoms with Gasteiger partial charge in [-0.25, -0.2) is 0 Å². The molecule has 1 heterocycles. The maximum absolute atomic E-state index is 9.67. The van der Waals surface area contributed by atoms with Gasteiger partial charge in [0, 0.05) is 16.3 Å². The van der Waals surface area contributed by atoms with Crippen molar-refractivity contribution in [1.29, 1.82) is 0 Å². The maximum atomic E-state index is 9.67. The van der Waals surface area contributed by atoms with E-state index >= 15 is 0 Å². The van der Waals surface area contributed by atoms with E-state index in [4.69, 9.17) is 4.42 Å². The number of aliphatic hydroxyl groups is 1. The number of rotatable bonds is 2. The Labute approximate surface area is 90.7 Å². The Hall–Kier alpha value is -0.800. The molecule has 0 fully saturated rings. The molecule has 1 aromatic carbocycles. The topological polar surface area (TPSA) is 33.4 Å². The summed E-state index contributed by atoms with van der Waals surface area (Å²) in [6.07, 6.45) is -0.567. The Morgan fingerprint density at radius 2 is 2.14 bits per heavy atom. The maximum Gasteiger partial charge on any atom is 0.137 e. The molecule has 0 saturated carbocycles. The average Bonchev–Trinajstić information content (AvgIpc) is 2.56. The van der Waals surface area contributed by atoms with Crippen molar-refractivity contribution in [3.05, 3.63) is 35.6 Å². The van der Waals surface area contributed by atoms with Crippen molar-refractivity contribution in [2.45, 2.75) is 13.0 Å². The van der Waals surface area contributed by atoms with Gasteiger partial charge in [0.1, 0.15) is 17.4 Å². The lowest BCUT2D eigenvalue weighted by Crippen LogP contribution is -1.97. The van der Waals surface area contributed by atoms with Crippen molar-refractivity contribution in [3.63, 3.8) is 0 Å². The molecule has 2 aromatic rings. The number of furan rings is 1. The van der Waals surface area contributed by atoms with Crippen molar-refractivity contribution in [1.82, 2.24) is 0 Å². The molecule has 0 amide bonds. The molecule has 14 heavy (non-hydrogen) atoms. The molecule has 1 N–H and O–H groups in total. The van der Waals surface area contributed by atoms with Crippen LogP contribution in [0.1, 0.15) is 17.4 Å². The molecule has 2 rings (SSSR count). The number of alkyl halides is 1. The molecule has 3 heteroatoms. The second-order valence-electron chi connectivity index (χ2n) is 3.26. The van der Waals surface area contributed by atoms with Gasteiger partial charge in [0.2, 0.25) is 0 Å². The molecule has 1 aromatic heterocycles. The first kappa shape index (κ1) is 9.74. The van der Waals surface area contributed by atoms with E-state index in [0.717, 1.165) is 16.5 Å². The van der Waals surface area contributed by atoms with Gasteiger partial charge in [-0.2, -0.15) is 0 Å². The molecule has 0 aliphatic heterocycles. The van der Waals surface area contributed by atoms with Crippen molar-refractivity contribution in [2.75, 3.05) is 5.33 Å². The van der Waals surface area contributed by atoms with Gasteiger partial charge in [-0.15, -0.1) is 0 Å². The summed E-state index contributed by atoms with van der Waals surface area (Å²) in [5.74, 6) is 0.656. The van der Waals surface area contributed by atoms with Crippen LogP contribution in [0.4, 0.5) is 0 Å². The van der Waals surface area contributed by atoms with Gasteiger partial charge in [0.25, 0.3) is 0 Å². The largest absolute Gasteiger partial charge is 0.458 e. The molecule has 1 unspecified atom stereocenters. The van der Waals surface area contributed by atoms with Crippen LogP contribution in [0.5, 0.6) is 0 Å². The highest BCUT2D eigenvalue weighted by Gasteiger charge is 2.16. The third-order valence-corrected chi connectivity index (χ3v) is 2.94. The quantitative estimate of drug-likeness (QED) is 0.836. The average molecular weight is 255 g/mol. The van der Waals surface area contributed by atoms with E-state index in [-0.39, 0.29) is 0 Å². The monoisotopic (exact) mass is 254 g/mol. The third kappa shape index (κ3) is 1.47. The minimum absolute atomic E-state index is 0.494. The van der Waals surface area contributed by atoms with Crippen LogP contribution in [0.3, 0.4) is 0 Å². The number of halogens is 1. The summed E-state index contributed by atoms with van der Waals surface area (Å²) in [4.78, 5) is 0. The second-order valence-corrected chi connectivity index (χ2v) is 3.91. The molecule has 0 saturated heterocycles. The number of aryl methyl sites for hydroxylation is 1. The molecule has 0 aliphatic carbocycles. The standard InChI is InChI=1S/C11H11BrO2/c1-7-8-4-2-3-5-10(8)14-11(7)9(13)6-12/h2-5,9,13H,6H2,1H3. The van der Waals surface area contributed by atoms with Crippen molar-refractivity contribution >= 4 is 26.9 Å². The van der Waals surface area contributed by atoms with Crippen LogP contribution in [0, 0.1) is 6.92 Å². The fraction of sp³-hybridized carbons (Fsp3) is 0.273. The Kier molecular flexibility index (Phi) is 2.61. The summed E-state index contributed by atoms with van der Waals surface area (Å²) in [6.45, 7) is 1.97. The van der Waals surface area contributed by atoms with E-state index in [0.29, 0.717) is 11.1 Å². The fourth-order valence-electron chi connectivity index (χ4n) is 1.58. The number of fused-ring (bicyclic) bond motifs is 1. The molecule has 74 valence electrons. The van der Waals surface area contributed by atoms with E-state index in [2.05, 4.69) is 15.9 Å². The van der Waals surface area contributed by atoms with E-state index in [1.165, 1.54) is 0 Å². The van der Waals surface area contributed by atoms with E-state index in [1.54, 1.807) is 0 Å². The smallest absolute Gasteiger partial charge is 0.137 e. The molecule has 0 spiro atoms. The van der Waals surface area contributed by atoms with Gasteiger partial charge in [0.05, 0.1) is 0 Å². The Morgan fingerprint density at radius 1 is 1.43 bits per heavy atom. The predicted octanol–water partition coefficient (Wildman–Crippen LogP) is 3.17. The first-order valence-electron chi connectivity index (χ1n) is 4.46. The fourth-order valence-corrected chi connectivity index (χ4v) is 1.88. The Morgan fingerprint density at radius 3 is 2.79 bits per heavy atom. The van der Waals surface area contributed by atoms with Crippen LogP contribution in [0.25, 0.3) is 11.0 Å². The highest BCUT2D eigenvalue weighted by molar-refractivity contribution is 9.09. The zero-order chi connectivity index (χ0) is 10.1. The summed E-state index contributed by atoms with van der Waals surface area (Å²) in [7, 11) is 0. The molecule has 2 nitrogen and oxygen atoms in total. The van der Waals surface area contributed by atoms with E-state index in [9.17, 15) is 5.11 Å². The summed E-state index contributed by atoms with van der Waals surface area (Å²) < 4.78 is 5.57. The van der Waals surface area contributed by atoms with Gasteiger partial charge in [-0.05, 0) is 13.0 Å². The van der Waals surface area contributed by atoms with Crippen molar-refractivity contribution in [2.24, 2.45) is 0 Å². The number of aliphatic hydroxyl groups excluding tert-OH is 1. The summed E-state index contributed by atoms with van der Waals surface area (Å²) in [5, 5.41) is 11.2. The Balaban J connectivity index is 2.62. The zero-order valence-electron chi connectivity index (χ0n) is 7.83. The summed E-state index contributed by atoms with van der Waals surface area (Å²) in [6, 6.07) is 7.80. The molecule has 0 aliphatic rings. The first-order valence-corrected chi connectivity index (χ1v) is 5.58. The molecule has 0 bridgehead atoms. The molecular formula is C11H11BrO2. The highest BCUT2D eigenvalue weighted by Crippen LogP contribution is 2.29. The van der Waals surface area contributed by atoms with Crippen LogP contribution >= 0.6 is 15.9 Å². The first-order chi connectivity index (χ1) is 6.74. The Bertz CT molecular complexity index is 447. The van der Waals surface area contributed by atoms with E-state index in [1.807, 2.05) is 31.2 Å². The lowest BCUT2D eigenvalue weighted by Gasteiger charge is -2.02. The SMILES string of the molecule is Cc1c(C(O)CBr)oc2ccccc12. The van der Waals surface area contributed by atoms with Crippen LogP contribution in [-0.2, 0) is 0 Å². The normalized spacial score (nSPS) is 13.4.